The van der Waals surface area contributed by atoms with Crippen LogP contribution in [0.4, 0.5) is 0 Å². The van der Waals surface area contributed by atoms with Crippen LogP contribution < -0.4 is 0 Å². The molecule has 1 fully saturated rings. The van der Waals surface area contributed by atoms with E-state index in [4.69, 9.17) is 0 Å². The Kier molecular flexibility index (Phi) is 13.3. The van der Waals surface area contributed by atoms with Gasteiger partial charge in [0.25, 0.3) is 0 Å². The van der Waals surface area contributed by atoms with Crippen LogP contribution in [-0.2, 0) is 0 Å². The second kappa shape index (κ2) is 9.55. The van der Waals surface area contributed by atoms with E-state index >= 15 is 0 Å². The fourth-order valence-electron chi connectivity index (χ4n) is 2.07. The Labute approximate surface area is 93.5 Å². The molecule has 0 aromatic rings. The highest BCUT2D eigenvalue weighted by Gasteiger charge is 2.22. The van der Waals surface area contributed by atoms with E-state index in [0.717, 1.165) is 17.8 Å². The molecule has 0 spiro atoms. The van der Waals surface area contributed by atoms with E-state index in [0.29, 0.717) is 0 Å². The maximum Gasteiger partial charge on any atom is -0.0391 e. The molecule has 1 aliphatic rings. The van der Waals surface area contributed by atoms with E-state index in [-0.39, 0.29) is 22.3 Å². The highest BCUT2D eigenvalue weighted by Crippen LogP contribution is 2.35. The van der Waals surface area contributed by atoms with Crippen LogP contribution >= 0.6 is 0 Å². The lowest BCUT2D eigenvalue weighted by molar-refractivity contribution is 0.212. The fraction of sp³-hybridized carbons (Fsp3) is 1.00. The summed E-state index contributed by atoms with van der Waals surface area (Å²) in [5.41, 5.74) is 0. The van der Waals surface area contributed by atoms with E-state index < -0.39 is 0 Å². The zero-order chi connectivity index (χ0) is 8.27. The molecule has 0 N–H and O–H groups in total. The van der Waals surface area contributed by atoms with Gasteiger partial charge in [-0.05, 0) is 24.2 Å². The van der Waals surface area contributed by atoms with Crippen LogP contribution in [0.5, 0.6) is 0 Å². The van der Waals surface area contributed by atoms with Crippen LogP contribution in [0.3, 0.4) is 0 Å². The molecule has 0 amide bonds. The topological polar surface area (TPSA) is 0 Å². The molecular formula is C14H34. The molecule has 0 aromatic heterocycles. The largest absolute Gasteiger partial charge is 0.0776 e. The van der Waals surface area contributed by atoms with Crippen molar-refractivity contribution in [3.63, 3.8) is 0 Å². The zero-order valence-electron chi connectivity index (χ0n) is 8.27. The van der Waals surface area contributed by atoms with Crippen molar-refractivity contribution in [2.75, 3.05) is 0 Å². The second-order valence-corrected chi connectivity index (χ2v) is 4.44. The molecule has 14 heavy (non-hydrogen) atoms. The van der Waals surface area contributed by atoms with Crippen LogP contribution in [0.1, 0.15) is 75.2 Å². The Morgan fingerprint density at radius 3 is 1.79 bits per heavy atom. The summed E-state index contributed by atoms with van der Waals surface area (Å²) >= 11 is 0. The van der Waals surface area contributed by atoms with Crippen molar-refractivity contribution < 1.29 is 0 Å². The predicted octanol–water partition coefficient (Wildman–Crippen LogP) is 5.77. The maximum atomic E-state index is 2.37. The highest BCUT2D eigenvalue weighted by atomic mass is 14.3. The van der Waals surface area contributed by atoms with Gasteiger partial charge in [-0.3, -0.25) is 0 Å². The van der Waals surface area contributed by atoms with Gasteiger partial charge < -0.3 is 0 Å². The summed E-state index contributed by atoms with van der Waals surface area (Å²) in [6, 6.07) is 0. The molecule has 1 aliphatic carbocycles. The van der Waals surface area contributed by atoms with E-state index in [2.05, 4.69) is 20.8 Å². The van der Waals surface area contributed by atoms with Crippen molar-refractivity contribution in [1.82, 2.24) is 0 Å². The Bertz CT molecular complexity index is 101. The van der Waals surface area contributed by atoms with Crippen molar-refractivity contribution in [1.29, 1.82) is 0 Å². The first-order valence-electron chi connectivity index (χ1n) is 5.24. The first kappa shape index (κ1) is 19.6. The van der Waals surface area contributed by atoms with Gasteiger partial charge in [0.2, 0.25) is 0 Å². The zero-order valence-corrected chi connectivity index (χ0v) is 8.27. The van der Waals surface area contributed by atoms with E-state index in [1.165, 1.54) is 32.1 Å². The molecule has 0 nitrogen and oxygen atoms in total. The Balaban J connectivity index is -0.000000403. The first-order chi connectivity index (χ1) is 5.24. The van der Waals surface area contributed by atoms with E-state index in [1.54, 1.807) is 0 Å². The van der Waals surface area contributed by atoms with Gasteiger partial charge in [0, 0.05) is 0 Å². The molecule has 0 aliphatic heterocycles. The smallest absolute Gasteiger partial charge is 0.0391 e. The van der Waals surface area contributed by atoms with Gasteiger partial charge in [-0.15, -0.1) is 0 Å². The van der Waals surface area contributed by atoms with Gasteiger partial charge in [-0.1, -0.05) is 68.7 Å². The van der Waals surface area contributed by atoms with Gasteiger partial charge in [0.05, 0.1) is 0 Å². The van der Waals surface area contributed by atoms with Gasteiger partial charge in [0.15, 0.2) is 0 Å². The molecule has 1 rings (SSSR count). The lowest BCUT2D eigenvalue weighted by Crippen LogP contribution is -2.18. The Morgan fingerprint density at radius 1 is 1.07 bits per heavy atom. The summed E-state index contributed by atoms with van der Waals surface area (Å²) in [5.74, 6) is 3.00. The van der Waals surface area contributed by atoms with Crippen LogP contribution in [0.15, 0.2) is 0 Å². The fourth-order valence-corrected chi connectivity index (χ4v) is 2.07. The minimum atomic E-state index is 0. The van der Waals surface area contributed by atoms with Gasteiger partial charge in [0.1, 0.15) is 0 Å². The molecule has 1 saturated carbocycles. The third-order valence-corrected chi connectivity index (χ3v) is 3.33. The molecule has 1 atom stereocenters. The predicted molar refractivity (Wildman–Crippen MR) is 70.8 cm³/mol. The van der Waals surface area contributed by atoms with E-state index in [9.17, 15) is 0 Å². The van der Waals surface area contributed by atoms with Crippen molar-refractivity contribution in [2.24, 2.45) is 17.8 Å². The lowest BCUT2D eigenvalue weighted by atomic mass is 9.75. The van der Waals surface area contributed by atoms with Gasteiger partial charge in [-0.25, -0.2) is 0 Å². The average molecular weight is 202 g/mol. The second-order valence-electron chi connectivity index (χ2n) is 4.44. The van der Waals surface area contributed by atoms with Crippen LogP contribution in [0.25, 0.3) is 0 Å². The van der Waals surface area contributed by atoms with Crippen molar-refractivity contribution >= 4 is 0 Å². The monoisotopic (exact) mass is 202 g/mol. The van der Waals surface area contributed by atoms with Crippen molar-refractivity contribution in [3.05, 3.63) is 0 Å². The summed E-state index contributed by atoms with van der Waals surface area (Å²) < 4.78 is 0. The summed E-state index contributed by atoms with van der Waals surface area (Å²) in [7, 11) is 0. The minimum absolute atomic E-state index is 0. The number of hydrogen-bond donors (Lipinski definition) is 0. The SMILES string of the molecule is C.C.C.CCC(CC1CCC1)C(C)C. The molecular weight excluding hydrogens is 168 g/mol. The minimum Gasteiger partial charge on any atom is -0.0776 e. The van der Waals surface area contributed by atoms with Crippen LogP contribution in [0.2, 0.25) is 0 Å². The third kappa shape index (κ3) is 5.67. The Hall–Kier alpha value is 0. The normalized spacial score (nSPS) is 17.1. The summed E-state index contributed by atoms with van der Waals surface area (Å²) in [6.45, 7) is 7.07. The van der Waals surface area contributed by atoms with Crippen LogP contribution in [0, 0.1) is 17.8 Å². The Morgan fingerprint density at radius 2 is 1.57 bits per heavy atom. The van der Waals surface area contributed by atoms with Crippen LogP contribution in [-0.4, -0.2) is 0 Å². The summed E-state index contributed by atoms with van der Waals surface area (Å²) in [5, 5.41) is 0. The molecule has 0 heteroatoms. The molecule has 0 saturated heterocycles. The summed E-state index contributed by atoms with van der Waals surface area (Å²) in [4.78, 5) is 0. The van der Waals surface area contributed by atoms with Gasteiger partial charge >= 0.3 is 0 Å². The molecule has 0 aromatic carbocycles. The third-order valence-electron chi connectivity index (χ3n) is 3.33. The molecule has 0 heterocycles. The highest BCUT2D eigenvalue weighted by molar-refractivity contribution is 4.74. The molecule has 1 unspecified atom stereocenters. The molecule has 0 radical (unpaired) electrons. The average Bonchev–Trinajstić information content (AvgIpc) is 1.85. The maximum absolute atomic E-state index is 2.37. The number of rotatable bonds is 4. The quantitative estimate of drug-likeness (QED) is 0.543. The van der Waals surface area contributed by atoms with Gasteiger partial charge in [-0.2, -0.15) is 0 Å². The standard InChI is InChI=1S/C11H22.3CH4/c1-4-11(9(2)3)8-10-6-5-7-10;;;/h9-11H,4-8H2,1-3H3;3*1H4. The first-order valence-corrected chi connectivity index (χ1v) is 5.24. The molecule has 0 bridgehead atoms. The van der Waals surface area contributed by atoms with E-state index in [1.807, 2.05) is 0 Å². The van der Waals surface area contributed by atoms with Crippen molar-refractivity contribution in [3.8, 4) is 0 Å². The van der Waals surface area contributed by atoms with Crippen molar-refractivity contribution in [2.45, 2.75) is 75.2 Å². The molecule has 90 valence electrons. The number of hydrogen-bond acceptors (Lipinski definition) is 0. The lowest BCUT2D eigenvalue weighted by Gasteiger charge is -2.31. The summed E-state index contributed by atoms with van der Waals surface area (Å²) in [6.07, 6.45) is 7.42.